The Bertz CT molecular complexity index is 396. The molecule has 1 aliphatic rings. The largest absolute Gasteiger partial charge is 0.481 e. The van der Waals surface area contributed by atoms with E-state index in [0.717, 1.165) is 57.8 Å². The summed E-state index contributed by atoms with van der Waals surface area (Å²) in [7, 11) is 0. The van der Waals surface area contributed by atoms with Gasteiger partial charge in [0.05, 0.1) is 0 Å². The van der Waals surface area contributed by atoms with E-state index in [4.69, 9.17) is 5.11 Å². The van der Waals surface area contributed by atoms with E-state index in [1.54, 1.807) is 0 Å². The van der Waals surface area contributed by atoms with Gasteiger partial charge in [-0.3, -0.25) is 19.7 Å². The molecule has 1 rings (SSSR count). The predicted molar refractivity (Wildman–Crippen MR) is 86.9 cm³/mol. The molecule has 6 nitrogen and oxygen atoms in total. The number of carboxylic acids is 1. The Balaban J connectivity index is 2.00. The number of unbranched alkanes of at least 4 members (excludes halogenated alkanes) is 7. The van der Waals surface area contributed by atoms with Gasteiger partial charge in [-0.1, -0.05) is 44.9 Å². The van der Waals surface area contributed by atoms with Crippen molar-refractivity contribution in [1.29, 1.82) is 0 Å². The third-order valence-electron chi connectivity index (χ3n) is 4.78. The molecule has 1 saturated carbocycles. The van der Waals surface area contributed by atoms with Crippen LogP contribution in [0.5, 0.6) is 0 Å². The summed E-state index contributed by atoms with van der Waals surface area (Å²) in [6.45, 7) is -0.0627. The van der Waals surface area contributed by atoms with Crippen LogP contribution in [0.2, 0.25) is 0 Å². The highest BCUT2D eigenvalue weighted by molar-refractivity contribution is 5.83. The van der Waals surface area contributed by atoms with Crippen molar-refractivity contribution in [3.63, 3.8) is 0 Å². The van der Waals surface area contributed by atoms with E-state index in [0.29, 0.717) is 12.8 Å². The summed E-state index contributed by atoms with van der Waals surface area (Å²) in [5.74, 6) is -0.639. The Kier molecular flexibility index (Phi) is 9.48. The second kappa shape index (κ2) is 11.1. The number of aliphatic carboxylic acids is 1. The highest BCUT2D eigenvalue weighted by Gasteiger charge is 2.36. The molecule has 6 heteroatoms. The van der Waals surface area contributed by atoms with Gasteiger partial charge >= 0.3 is 5.97 Å². The van der Waals surface area contributed by atoms with E-state index >= 15 is 0 Å². The maximum atomic E-state index is 11.8. The van der Waals surface area contributed by atoms with Gasteiger partial charge in [-0.25, -0.2) is 0 Å². The molecule has 0 aliphatic heterocycles. The number of rotatable bonds is 13. The normalized spacial score (nSPS) is 20.8. The molecule has 0 amide bonds. The molecule has 0 heterocycles. The molecule has 0 spiro atoms. The molecule has 0 aromatic heterocycles. The minimum atomic E-state index is -0.721. The third kappa shape index (κ3) is 8.67. The van der Waals surface area contributed by atoms with Crippen LogP contribution in [0.4, 0.5) is 0 Å². The molecular formula is C17H29NO5. The summed E-state index contributed by atoms with van der Waals surface area (Å²) in [6, 6.07) is 0. The molecule has 2 atom stereocenters. The molecular weight excluding hydrogens is 298 g/mol. The van der Waals surface area contributed by atoms with Crippen molar-refractivity contribution in [3.8, 4) is 0 Å². The van der Waals surface area contributed by atoms with Gasteiger partial charge in [-0.15, -0.1) is 0 Å². The molecule has 1 N–H and O–H groups in total. The second-order valence-corrected chi connectivity index (χ2v) is 6.65. The van der Waals surface area contributed by atoms with Crippen LogP contribution in [-0.4, -0.2) is 28.3 Å². The van der Waals surface area contributed by atoms with Gasteiger partial charge in [0, 0.05) is 29.6 Å². The number of carbonyl (C=O) groups excluding carboxylic acids is 1. The van der Waals surface area contributed by atoms with Gasteiger partial charge in [0.2, 0.25) is 6.54 Å². The summed E-state index contributed by atoms with van der Waals surface area (Å²) in [4.78, 5) is 32.5. The second-order valence-electron chi connectivity index (χ2n) is 6.65. The number of carbonyl (C=O) groups is 2. The minimum absolute atomic E-state index is 0.0493. The van der Waals surface area contributed by atoms with Gasteiger partial charge in [-0.2, -0.15) is 0 Å². The summed E-state index contributed by atoms with van der Waals surface area (Å²) in [5, 5.41) is 19.2. The van der Waals surface area contributed by atoms with Gasteiger partial charge in [0.15, 0.2) is 0 Å². The lowest BCUT2D eigenvalue weighted by atomic mass is 9.90. The van der Waals surface area contributed by atoms with E-state index in [1.807, 2.05) is 0 Å². The first-order valence-electron chi connectivity index (χ1n) is 8.87. The fourth-order valence-corrected chi connectivity index (χ4v) is 3.48. The molecule has 0 bridgehead atoms. The van der Waals surface area contributed by atoms with E-state index in [9.17, 15) is 19.7 Å². The molecule has 23 heavy (non-hydrogen) atoms. The number of hydrogen-bond acceptors (Lipinski definition) is 4. The number of ketones is 1. The lowest BCUT2D eigenvalue weighted by molar-refractivity contribution is -0.489. The van der Waals surface area contributed by atoms with Gasteiger partial charge in [-0.05, 0) is 19.3 Å². The lowest BCUT2D eigenvalue weighted by Gasteiger charge is -2.14. The van der Waals surface area contributed by atoms with Crippen LogP contribution in [-0.2, 0) is 9.59 Å². The molecule has 1 fully saturated rings. The average molecular weight is 327 g/mol. The van der Waals surface area contributed by atoms with Gasteiger partial charge < -0.3 is 5.11 Å². The van der Waals surface area contributed by atoms with Gasteiger partial charge in [0.1, 0.15) is 5.78 Å². The molecule has 1 aliphatic carbocycles. The first-order chi connectivity index (χ1) is 11.0. The lowest BCUT2D eigenvalue weighted by Crippen LogP contribution is -2.21. The van der Waals surface area contributed by atoms with Crippen molar-refractivity contribution in [2.24, 2.45) is 11.8 Å². The molecule has 0 radical (unpaired) electrons. The SMILES string of the molecule is O=C(O)CCCCCCCCCC[C@@H]1C(=O)CC[C@H]1C[N+](=O)[O-]. The number of Topliss-reactive ketones (excluding diaryl/α,β-unsaturated/α-hetero) is 1. The molecule has 132 valence electrons. The Morgan fingerprint density at radius 3 is 2.22 bits per heavy atom. The van der Waals surface area contributed by atoms with Crippen molar-refractivity contribution < 1.29 is 19.6 Å². The van der Waals surface area contributed by atoms with Crippen molar-refractivity contribution in [1.82, 2.24) is 0 Å². The maximum Gasteiger partial charge on any atom is 0.303 e. The average Bonchev–Trinajstić information content (AvgIpc) is 2.81. The topological polar surface area (TPSA) is 97.5 Å². The van der Waals surface area contributed by atoms with Crippen molar-refractivity contribution in [2.75, 3.05) is 6.54 Å². The van der Waals surface area contributed by atoms with E-state index in [-0.39, 0.29) is 35.5 Å². The quantitative estimate of drug-likeness (QED) is 0.315. The minimum Gasteiger partial charge on any atom is -0.481 e. The van der Waals surface area contributed by atoms with Crippen molar-refractivity contribution in [2.45, 2.75) is 77.0 Å². The van der Waals surface area contributed by atoms with Crippen LogP contribution in [0.1, 0.15) is 77.0 Å². The maximum absolute atomic E-state index is 11.8. The first kappa shape index (κ1) is 19.6. The number of hydrogen-bond donors (Lipinski definition) is 1. The van der Waals surface area contributed by atoms with Crippen LogP contribution in [0, 0.1) is 22.0 Å². The van der Waals surface area contributed by atoms with Crippen LogP contribution >= 0.6 is 0 Å². The predicted octanol–water partition coefficient (Wildman–Crippen LogP) is 3.84. The van der Waals surface area contributed by atoms with E-state index in [2.05, 4.69) is 0 Å². The third-order valence-corrected chi connectivity index (χ3v) is 4.78. The van der Waals surface area contributed by atoms with Crippen LogP contribution < -0.4 is 0 Å². The smallest absolute Gasteiger partial charge is 0.303 e. The summed E-state index contributed by atoms with van der Waals surface area (Å²) in [5.41, 5.74) is 0. The Labute approximate surface area is 137 Å². The fraction of sp³-hybridized carbons (Fsp3) is 0.882. The highest BCUT2D eigenvalue weighted by atomic mass is 16.6. The van der Waals surface area contributed by atoms with E-state index in [1.165, 1.54) is 0 Å². The van der Waals surface area contributed by atoms with Crippen LogP contribution in [0.25, 0.3) is 0 Å². The first-order valence-corrected chi connectivity index (χ1v) is 8.87. The number of nitro groups is 1. The fourth-order valence-electron chi connectivity index (χ4n) is 3.48. The Morgan fingerprint density at radius 1 is 1.09 bits per heavy atom. The molecule has 0 unspecified atom stereocenters. The molecule has 0 aromatic rings. The summed E-state index contributed by atoms with van der Waals surface area (Å²) in [6.07, 6.45) is 10.5. The summed E-state index contributed by atoms with van der Waals surface area (Å²) < 4.78 is 0. The summed E-state index contributed by atoms with van der Waals surface area (Å²) >= 11 is 0. The highest BCUT2D eigenvalue weighted by Crippen LogP contribution is 2.32. The molecule has 0 aromatic carbocycles. The zero-order valence-corrected chi connectivity index (χ0v) is 13.9. The monoisotopic (exact) mass is 327 g/mol. The van der Waals surface area contributed by atoms with Crippen molar-refractivity contribution in [3.05, 3.63) is 10.1 Å². The Hall–Kier alpha value is -1.46. The van der Waals surface area contributed by atoms with Crippen molar-refractivity contribution >= 4 is 11.8 Å². The van der Waals surface area contributed by atoms with Crippen LogP contribution in [0.15, 0.2) is 0 Å². The Morgan fingerprint density at radius 2 is 1.65 bits per heavy atom. The van der Waals surface area contributed by atoms with Gasteiger partial charge in [0.25, 0.3) is 0 Å². The van der Waals surface area contributed by atoms with E-state index < -0.39 is 5.97 Å². The number of carboxylic acid groups (broad SMARTS) is 1. The van der Waals surface area contributed by atoms with Crippen LogP contribution in [0.3, 0.4) is 0 Å². The molecule has 0 saturated heterocycles. The standard InChI is InChI=1S/C17H29NO5/c19-16-12-11-14(13-18(22)23)15(16)9-7-5-3-1-2-4-6-8-10-17(20)21/h14-15H,1-13H2,(H,20,21)/t14-,15-/m0/s1. The zero-order chi connectivity index (χ0) is 17.1. The number of nitrogens with zero attached hydrogens (tertiary/aromatic N) is 1. The zero-order valence-electron chi connectivity index (χ0n) is 13.9.